The highest BCUT2D eigenvalue weighted by atomic mass is 16.1. The van der Waals surface area contributed by atoms with Crippen molar-refractivity contribution in [1.29, 1.82) is 0 Å². The summed E-state index contributed by atoms with van der Waals surface area (Å²) in [5.41, 5.74) is 0.763. The Morgan fingerprint density at radius 3 is 2.42 bits per heavy atom. The number of Topliss-reactive ketones (excluding diaryl/α,β-unsaturated/α-hetero) is 1. The zero-order valence-corrected chi connectivity index (χ0v) is 7.37. The van der Waals surface area contributed by atoms with Crippen LogP contribution in [0.15, 0.2) is 30.3 Å². The standard InChI is InChI=1S/C10H13NO/c1-8(11-2)10(12)9-6-4-3-5-7-9/h3-8,11H,1-2H3/i6+1. The smallest absolute Gasteiger partial charge is 0.179 e. The van der Waals surface area contributed by atoms with Crippen molar-refractivity contribution < 1.29 is 4.79 Å². The minimum atomic E-state index is -0.104. The first-order valence-corrected chi connectivity index (χ1v) is 4.02. The van der Waals surface area contributed by atoms with Gasteiger partial charge in [0.1, 0.15) is 0 Å². The molecule has 1 rings (SSSR count). The second-order valence-corrected chi connectivity index (χ2v) is 2.74. The molecule has 2 nitrogen and oxygen atoms in total. The predicted octanol–water partition coefficient (Wildman–Crippen LogP) is 1.48. The first-order chi connectivity index (χ1) is 5.75. The SMILES string of the molecule is CNC(C)C(=O)c1cccc[13cH]1. The van der Waals surface area contributed by atoms with Crippen molar-refractivity contribution in [1.82, 2.24) is 5.32 Å². The second kappa shape index (κ2) is 4.02. The predicted molar refractivity (Wildman–Crippen MR) is 49.3 cm³/mol. The fourth-order valence-corrected chi connectivity index (χ4v) is 0.984. The highest BCUT2D eigenvalue weighted by molar-refractivity contribution is 5.99. The molecule has 0 aliphatic heterocycles. The van der Waals surface area contributed by atoms with Crippen LogP contribution < -0.4 is 5.32 Å². The van der Waals surface area contributed by atoms with E-state index < -0.39 is 0 Å². The van der Waals surface area contributed by atoms with Gasteiger partial charge in [0.05, 0.1) is 6.04 Å². The third-order valence-electron chi connectivity index (χ3n) is 1.88. The van der Waals surface area contributed by atoms with E-state index in [0.717, 1.165) is 5.56 Å². The van der Waals surface area contributed by atoms with E-state index in [1.807, 2.05) is 37.3 Å². The lowest BCUT2D eigenvalue weighted by Crippen LogP contribution is -2.30. The van der Waals surface area contributed by atoms with Crippen molar-refractivity contribution in [2.24, 2.45) is 0 Å². The fourth-order valence-electron chi connectivity index (χ4n) is 0.984. The van der Waals surface area contributed by atoms with Gasteiger partial charge >= 0.3 is 0 Å². The molecule has 0 amide bonds. The topological polar surface area (TPSA) is 29.1 Å². The summed E-state index contributed by atoms with van der Waals surface area (Å²) < 4.78 is 0. The van der Waals surface area contributed by atoms with Crippen LogP contribution >= 0.6 is 0 Å². The van der Waals surface area contributed by atoms with E-state index in [1.165, 1.54) is 0 Å². The van der Waals surface area contributed by atoms with Crippen molar-refractivity contribution in [3.8, 4) is 0 Å². The van der Waals surface area contributed by atoms with Gasteiger partial charge in [-0.1, -0.05) is 30.3 Å². The van der Waals surface area contributed by atoms with Gasteiger partial charge < -0.3 is 5.32 Å². The van der Waals surface area contributed by atoms with Gasteiger partial charge in [0, 0.05) is 5.56 Å². The molecule has 64 valence electrons. The second-order valence-electron chi connectivity index (χ2n) is 2.74. The molecule has 1 aromatic carbocycles. The summed E-state index contributed by atoms with van der Waals surface area (Å²) in [5, 5.41) is 2.91. The molecule has 0 heterocycles. The van der Waals surface area contributed by atoms with Crippen LogP contribution in [-0.2, 0) is 0 Å². The molecule has 0 aliphatic rings. The third-order valence-corrected chi connectivity index (χ3v) is 1.88. The number of rotatable bonds is 3. The van der Waals surface area contributed by atoms with Gasteiger partial charge in [-0.05, 0) is 14.0 Å². The van der Waals surface area contributed by atoms with E-state index in [4.69, 9.17) is 0 Å². The normalized spacial score (nSPS) is 12.5. The average molecular weight is 164 g/mol. The maximum atomic E-state index is 11.5. The van der Waals surface area contributed by atoms with Crippen molar-refractivity contribution in [3.63, 3.8) is 0 Å². The van der Waals surface area contributed by atoms with Crippen LogP contribution in [0, 0.1) is 0 Å². The van der Waals surface area contributed by atoms with Gasteiger partial charge in [0.15, 0.2) is 5.78 Å². The van der Waals surface area contributed by atoms with Crippen LogP contribution in [0.25, 0.3) is 0 Å². The van der Waals surface area contributed by atoms with Crippen LogP contribution in [0.4, 0.5) is 0 Å². The van der Waals surface area contributed by atoms with Crippen LogP contribution in [0.5, 0.6) is 0 Å². The minimum Gasteiger partial charge on any atom is -0.310 e. The first-order valence-electron chi connectivity index (χ1n) is 4.02. The van der Waals surface area contributed by atoms with E-state index >= 15 is 0 Å². The number of ketones is 1. The monoisotopic (exact) mass is 164 g/mol. The molecular formula is C10H13NO. The molecule has 2 heteroatoms. The highest BCUT2D eigenvalue weighted by Gasteiger charge is 2.11. The zero-order chi connectivity index (χ0) is 8.97. The van der Waals surface area contributed by atoms with E-state index in [0.29, 0.717) is 0 Å². The molecule has 0 bridgehead atoms. The molecular weight excluding hydrogens is 151 g/mol. The van der Waals surface area contributed by atoms with E-state index in [9.17, 15) is 4.79 Å². The summed E-state index contributed by atoms with van der Waals surface area (Å²) in [5.74, 6) is 0.137. The summed E-state index contributed by atoms with van der Waals surface area (Å²) in [6.07, 6.45) is 0. The Morgan fingerprint density at radius 1 is 1.33 bits per heavy atom. The average Bonchev–Trinajstić information content (AvgIpc) is 2.17. The molecule has 0 aromatic heterocycles. The largest absolute Gasteiger partial charge is 0.310 e. The van der Waals surface area contributed by atoms with Gasteiger partial charge in [0.2, 0.25) is 0 Å². The van der Waals surface area contributed by atoms with Crippen LogP contribution in [-0.4, -0.2) is 18.9 Å². The Kier molecular flexibility index (Phi) is 3.00. The number of benzene rings is 1. The molecule has 0 fully saturated rings. The first kappa shape index (κ1) is 8.94. The number of carbonyl (C=O) groups is 1. The lowest BCUT2D eigenvalue weighted by atomic mass is 10.1. The van der Waals surface area contributed by atoms with E-state index in [-0.39, 0.29) is 11.8 Å². The lowest BCUT2D eigenvalue weighted by molar-refractivity contribution is 0.0955. The summed E-state index contributed by atoms with van der Waals surface area (Å²) >= 11 is 0. The number of likely N-dealkylation sites (N-methyl/N-ethyl adjacent to an activating group) is 1. The Morgan fingerprint density at radius 2 is 1.92 bits per heavy atom. The molecule has 0 saturated carbocycles. The Balaban J connectivity index is 2.79. The van der Waals surface area contributed by atoms with Crippen molar-refractivity contribution in [2.45, 2.75) is 13.0 Å². The van der Waals surface area contributed by atoms with E-state index in [1.54, 1.807) is 7.05 Å². The Labute approximate surface area is 72.6 Å². The highest BCUT2D eigenvalue weighted by Crippen LogP contribution is 2.02. The minimum absolute atomic E-state index is 0.104. The van der Waals surface area contributed by atoms with E-state index in [2.05, 4.69) is 5.32 Å². The number of hydrogen-bond acceptors (Lipinski definition) is 2. The maximum absolute atomic E-state index is 11.5. The number of carbonyl (C=O) groups excluding carboxylic acids is 1. The fraction of sp³-hybridized carbons (Fsp3) is 0.300. The summed E-state index contributed by atoms with van der Waals surface area (Å²) in [6, 6.07) is 9.20. The molecule has 1 N–H and O–H groups in total. The molecule has 0 aliphatic carbocycles. The summed E-state index contributed by atoms with van der Waals surface area (Å²) in [4.78, 5) is 11.5. The molecule has 1 aromatic rings. The van der Waals surface area contributed by atoms with Gasteiger partial charge in [-0.3, -0.25) is 4.79 Å². The van der Waals surface area contributed by atoms with Crippen molar-refractivity contribution in [3.05, 3.63) is 35.9 Å². The van der Waals surface area contributed by atoms with Crippen LogP contribution in [0.1, 0.15) is 17.3 Å². The van der Waals surface area contributed by atoms with Crippen LogP contribution in [0.3, 0.4) is 0 Å². The maximum Gasteiger partial charge on any atom is 0.179 e. The third kappa shape index (κ3) is 1.92. The molecule has 12 heavy (non-hydrogen) atoms. The van der Waals surface area contributed by atoms with Crippen molar-refractivity contribution >= 4 is 5.78 Å². The number of nitrogens with one attached hydrogen (secondary N) is 1. The van der Waals surface area contributed by atoms with Crippen molar-refractivity contribution in [2.75, 3.05) is 7.05 Å². The van der Waals surface area contributed by atoms with Gasteiger partial charge in [-0.15, -0.1) is 0 Å². The van der Waals surface area contributed by atoms with Gasteiger partial charge in [0.25, 0.3) is 0 Å². The molecule has 1 unspecified atom stereocenters. The Bertz CT molecular complexity index is 256. The lowest BCUT2D eigenvalue weighted by Gasteiger charge is -2.07. The molecule has 0 radical (unpaired) electrons. The van der Waals surface area contributed by atoms with Gasteiger partial charge in [-0.2, -0.15) is 0 Å². The summed E-state index contributed by atoms with van der Waals surface area (Å²) in [6.45, 7) is 1.86. The number of hydrogen-bond donors (Lipinski definition) is 1. The molecule has 0 saturated heterocycles. The Hall–Kier alpha value is -1.15. The quantitative estimate of drug-likeness (QED) is 0.685. The molecule has 1 atom stereocenters. The molecule has 0 spiro atoms. The van der Waals surface area contributed by atoms with Crippen LogP contribution in [0.2, 0.25) is 0 Å². The van der Waals surface area contributed by atoms with Gasteiger partial charge in [-0.25, -0.2) is 0 Å². The summed E-state index contributed by atoms with van der Waals surface area (Å²) in [7, 11) is 1.78. The zero-order valence-electron chi connectivity index (χ0n) is 7.37.